The van der Waals surface area contributed by atoms with Crippen LogP contribution in [0, 0.1) is 24.6 Å². The first-order valence-corrected chi connectivity index (χ1v) is 24.7. The topological polar surface area (TPSA) is 235 Å². The third-order valence-electron chi connectivity index (χ3n) is 12.2. The van der Waals surface area contributed by atoms with Crippen LogP contribution in [0.3, 0.4) is 0 Å². The highest BCUT2D eigenvalue weighted by atomic mass is 35.5. The molecule has 1 aliphatic carbocycles. The van der Waals surface area contributed by atoms with E-state index in [1.807, 2.05) is 56.1 Å². The summed E-state index contributed by atoms with van der Waals surface area (Å²) < 4.78 is 17.1. The van der Waals surface area contributed by atoms with Gasteiger partial charge in [0, 0.05) is 65.8 Å². The van der Waals surface area contributed by atoms with Gasteiger partial charge < -0.3 is 46.5 Å². The molecule has 6 rings (SSSR count). The Balaban J connectivity index is 0.000000294. The summed E-state index contributed by atoms with van der Waals surface area (Å²) in [5.74, 6) is 0.492. The van der Waals surface area contributed by atoms with E-state index in [1.165, 1.54) is 26.0 Å². The average molecular weight is 998 g/mol. The van der Waals surface area contributed by atoms with Gasteiger partial charge in [0.05, 0.1) is 41.6 Å². The van der Waals surface area contributed by atoms with E-state index >= 15 is 0 Å². The normalized spacial score (nSPS) is 17.7. The molecule has 0 radical (unpaired) electrons. The third-order valence-corrected chi connectivity index (χ3v) is 13.6. The lowest BCUT2D eigenvalue weighted by Crippen LogP contribution is -2.60. The Kier molecular flexibility index (Phi) is 22.1. The number of nitrogens with one attached hydrogen (secondary N) is 5. The highest BCUT2D eigenvalue weighted by molar-refractivity contribution is 7.99. The number of aliphatic hydroxyl groups excluding tert-OH is 1. The van der Waals surface area contributed by atoms with Gasteiger partial charge in [-0.15, -0.1) is 11.8 Å². The minimum atomic E-state index is -1.00. The van der Waals surface area contributed by atoms with Gasteiger partial charge in [0.1, 0.15) is 11.5 Å². The Morgan fingerprint density at radius 1 is 1.01 bits per heavy atom. The standard InChI is InChI=1S/C32H45N3O4S.C14H22ClN3O2.C4H3FN2O2/c1-21-25(15-10-16-28(21)36)30(38)33-26(20-40-24-13-6-5-7-14-24)29(37)19-35-18-23-12-9-8-11-22(23)17-27(35)31(39)34-32(2,3)4;1-4-18(5-2)7-6-17-14(19)10-8-11(15)12(16)9-13(10)20-3;5-2-1-6-4(9)7-3(2)8/h5-7,10,13-16,22-23,26-27,29,36-37H,8-9,11-12,17-20H2,1-4H3,(H,33,38)(H,34,39);8-9H,4-7,16H2,1-3H3,(H,17,19);1H,(H2,6,7,8,9)/t22-,23+,26-,27-,29+;;/m0../s1. The van der Waals surface area contributed by atoms with E-state index in [4.69, 9.17) is 22.1 Å². The number of halogens is 2. The Bertz CT molecular complexity index is 2410. The molecule has 0 unspecified atom stereocenters. The summed E-state index contributed by atoms with van der Waals surface area (Å²) in [5, 5.41) is 31.2. The number of nitrogen functional groups attached to an aromatic ring is 1. The number of benzene rings is 3. The summed E-state index contributed by atoms with van der Waals surface area (Å²) in [4.78, 5) is 68.4. The monoisotopic (exact) mass is 996 g/mol. The van der Waals surface area contributed by atoms with Crippen LogP contribution in [-0.2, 0) is 4.79 Å². The van der Waals surface area contributed by atoms with E-state index in [9.17, 15) is 38.6 Å². The lowest BCUT2D eigenvalue weighted by molar-refractivity contribution is -0.132. The lowest BCUT2D eigenvalue weighted by Gasteiger charge is -2.47. The second kappa shape index (κ2) is 27.1. The summed E-state index contributed by atoms with van der Waals surface area (Å²) in [7, 11) is 1.50. The highest BCUT2D eigenvalue weighted by Gasteiger charge is 2.42. The smallest absolute Gasteiger partial charge is 0.325 e. The number of likely N-dealkylation sites (tertiary alicyclic amines) is 1. The number of phenols is 1. The van der Waals surface area contributed by atoms with Crippen LogP contribution in [0.5, 0.6) is 11.5 Å². The van der Waals surface area contributed by atoms with Crippen LogP contribution < -0.4 is 37.7 Å². The van der Waals surface area contributed by atoms with Crippen molar-refractivity contribution in [3.8, 4) is 11.5 Å². The number of nitrogens with zero attached hydrogens (tertiary/aromatic N) is 2. The molecule has 3 amide bonds. The van der Waals surface area contributed by atoms with Crippen molar-refractivity contribution in [1.29, 1.82) is 0 Å². The zero-order valence-electron chi connectivity index (χ0n) is 40.7. The number of fused-ring (bicyclic) bond motifs is 1. The number of amides is 3. The first-order chi connectivity index (χ1) is 32.7. The van der Waals surface area contributed by atoms with Gasteiger partial charge in [0.2, 0.25) is 11.7 Å². The van der Waals surface area contributed by atoms with Crippen LogP contribution in [0.2, 0.25) is 5.02 Å². The van der Waals surface area contributed by atoms with E-state index in [2.05, 4.69) is 39.6 Å². The van der Waals surface area contributed by atoms with Crippen molar-refractivity contribution in [2.75, 3.05) is 57.9 Å². The number of thioether (sulfide) groups is 1. The maximum Gasteiger partial charge on any atom is 0.325 e. The Hall–Kier alpha value is -5.40. The number of piperidine rings is 1. The molecule has 378 valence electrons. The number of carbonyl (C=O) groups excluding carboxylic acids is 3. The maximum absolute atomic E-state index is 13.5. The first-order valence-electron chi connectivity index (χ1n) is 23.4. The van der Waals surface area contributed by atoms with E-state index in [-0.39, 0.29) is 35.1 Å². The number of rotatable bonds is 16. The molecule has 2 aliphatic rings. The molecule has 3 aromatic carbocycles. The number of anilines is 1. The van der Waals surface area contributed by atoms with Crippen LogP contribution >= 0.6 is 23.4 Å². The van der Waals surface area contributed by atoms with Crippen molar-refractivity contribution in [3.63, 3.8) is 0 Å². The third kappa shape index (κ3) is 17.5. The van der Waals surface area contributed by atoms with Crippen molar-refractivity contribution in [2.24, 2.45) is 11.8 Å². The van der Waals surface area contributed by atoms with E-state index < -0.39 is 29.2 Å². The van der Waals surface area contributed by atoms with Gasteiger partial charge in [0.25, 0.3) is 17.4 Å². The fourth-order valence-corrected chi connectivity index (χ4v) is 9.52. The molecule has 0 spiro atoms. The van der Waals surface area contributed by atoms with Gasteiger partial charge in [-0.05, 0) is 95.8 Å². The van der Waals surface area contributed by atoms with Crippen LogP contribution in [0.4, 0.5) is 10.1 Å². The van der Waals surface area contributed by atoms with Crippen molar-refractivity contribution in [1.82, 2.24) is 35.7 Å². The molecule has 4 aromatic rings. The Morgan fingerprint density at radius 3 is 2.32 bits per heavy atom. The molecule has 69 heavy (non-hydrogen) atoms. The van der Waals surface area contributed by atoms with E-state index in [0.717, 1.165) is 50.3 Å². The number of ether oxygens (including phenoxy) is 1. The molecule has 2 heterocycles. The van der Waals surface area contributed by atoms with Gasteiger partial charge in [-0.25, -0.2) is 4.79 Å². The fraction of sp³-hybridized carbons (Fsp3) is 0.500. The number of phenolic OH excluding ortho intramolecular Hbond substituents is 1. The molecule has 19 heteroatoms. The van der Waals surface area contributed by atoms with Gasteiger partial charge in [-0.2, -0.15) is 4.39 Å². The summed E-state index contributed by atoms with van der Waals surface area (Å²) in [6.07, 6.45) is 5.38. The molecule has 1 aromatic heterocycles. The quantitative estimate of drug-likeness (QED) is 0.0481. The van der Waals surface area contributed by atoms with Crippen LogP contribution in [-0.4, -0.2) is 124 Å². The number of methoxy groups -OCH3 is 1. The van der Waals surface area contributed by atoms with Crippen molar-refractivity contribution in [3.05, 3.63) is 115 Å². The molecule has 1 saturated carbocycles. The maximum atomic E-state index is 13.5. The predicted octanol–water partition coefficient (Wildman–Crippen LogP) is 5.95. The summed E-state index contributed by atoms with van der Waals surface area (Å²) >= 11 is 7.52. The first kappa shape index (κ1) is 56.2. The number of likely N-dealkylation sites (N-methyl/N-ethyl adjacent to an activating group) is 1. The Labute approximate surface area is 413 Å². The SMILES string of the molecule is CCN(CC)CCNC(=O)c1cc(Cl)c(N)cc1OC.Cc1c(O)cccc1C(=O)N[C@@H](CSc1ccccc1)[C@H](O)CN1C[C@H]2CCCC[C@H]2C[C@H]1C(=O)NC(C)(C)C.O=c1[nH]cc(F)c(=O)[nH]1. The van der Waals surface area contributed by atoms with Crippen molar-refractivity contribution >= 4 is 46.8 Å². The van der Waals surface area contributed by atoms with Gasteiger partial charge in [-0.3, -0.25) is 29.1 Å². The minimum Gasteiger partial charge on any atom is -0.508 e. The number of nitrogens with two attached hydrogens (primary N) is 1. The largest absolute Gasteiger partial charge is 0.508 e. The molecule has 1 aliphatic heterocycles. The molecular weight excluding hydrogens is 927 g/mol. The molecule has 2 fully saturated rings. The number of aromatic nitrogens is 2. The van der Waals surface area contributed by atoms with Gasteiger partial charge >= 0.3 is 5.69 Å². The number of aliphatic hydroxyl groups is 1. The molecule has 16 nitrogen and oxygen atoms in total. The average Bonchev–Trinajstić information content (AvgIpc) is 3.31. The number of H-pyrrole nitrogens is 2. The van der Waals surface area contributed by atoms with Crippen molar-refractivity contribution in [2.45, 2.75) is 102 Å². The number of hydrogen-bond acceptors (Lipinski definition) is 12. The number of aromatic amines is 2. The second-order valence-electron chi connectivity index (χ2n) is 18.2. The lowest BCUT2D eigenvalue weighted by atomic mass is 9.72. The molecular formula is C50H70ClFN8O8S. The van der Waals surface area contributed by atoms with Gasteiger partial charge in [-0.1, -0.05) is 69.0 Å². The number of β-amino-alcohol motifs (C(OH)–C–C–N with tert-alkyl or cyclic N) is 1. The summed E-state index contributed by atoms with van der Waals surface area (Å²) in [6, 6.07) is 17.0. The molecule has 9 N–H and O–H groups in total. The number of hydrogen-bond donors (Lipinski definition) is 8. The zero-order valence-corrected chi connectivity index (χ0v) is 42.3. The van der Waals surface area contributed by atoms with Crippen LogP contribution in [0.25, 0.3) is 0 Å². The predicted molar refractivity (Wildman–Crippen MR) is 271 cm³/mol. The zero-order chi connectivity index (χ0) is 50.8. The second-order valence-corrected chi connectivity index (χ2v) is 19.7. The summed E-state index contributed by atoms with van der Waals surface area (Å²) in [6.45, 7) is 16.3. The van der Waals surface area contributed by atoms with Crippen LogP contribution in [0.1, 0.15) is 93.0 Å². The van der Waals surface area contributed by atoms with E-state index in [1.54, 1.807) is 47.9 Å². The molecule has 1 saturated heterocycles. The Morgan fingerprint density at radius 2 is 1.70 bits per heavy atom. The number of carbonyl (C=O) groups is 3. The minimum absolute atomic E-state index is 0.0124. The molecule has 0 bridgehead atoms. The van der Waals surface area contributed by atoms with Gasteiger partial charge in [0.15, 0.2) is 0 Å². The molecule has 5 atom stereocenters. The number of aromatic hydroxyl groups is 1. The van der Waals surface area contributed by atoms with Crippen LogP contribution in [0.15, 0.2) is 81.3 Å². The fourth-order valence-electron chi connectivity index (χ4n) is 8.33. The van der Waals surface area contributed by atoms with E-state index in [0.29, 0.717) is 70.0 Å². The van der Waals surface area contributed by atoms with Crippen molar-refractivity contribution < 1.29 is 33.7 Å². The summed E-state index contributed by atoms with van der Waals surface area (Å²) in [5.41, 5.74) is 5.31. The highest BCUT2D eigenvalue weighted by Crippen LogP contribution is 2.39.